The van der Waals surface area contributed by atoms with Crippen molar-refractivity contribution in [3.8, 4) is 11.3 Å². The Balaban J connectivity index is 2.05. The zero-order chi connectivity index (χ0) is 13.3. The van der Waals surface area contributed by atoms with Crippen LogP contribution in [0.5, 0.6) is 0 Å². The van der Waals surface area contributed by atoms with Crippen molar-refractivity contribution in [3.63, 3.8) is 0 Å². The van der Waals surface area contributed by atoms with Crippen molar-refractivity contribution in [2.24, 2.45) is 4.99 Å². The molecule has 1 aliphatic carbocycles. The summed E-state index contributed by atoms with van der Waals surface area (Å²) in [5.74, 6) is 0. The number of aromatic amines is 2. The van der Waals surface area contributed by atoms with Gasteiger partial charge in [-0.05, 0) is 36.5 Å². The van der Waals surface area contributed by atoms with E-state index in [2.05, 4.69) is 15.0 Å². The van der Waals surface area contributed by atoms with Crippen LogP contribution in [0.15, 0.2) is 40.2 Å². The highest BCUT2D eigenvalue weighted by molar-refractivity contribution is 5.60. The zero-order valence-corrected chi connectivity index (χ0v) is 10.3. The lowest BCUT2D eigenvalue weighted by Crippen LogP contribution is -2.31. The number of rotatable bonds is 3. The number of H-pyrrole nitrogens is 2. The van der Waals surface area contributed by atoms with Crippen molar-refractivity contribution < 1.29 is 4.79 Å². The normalized spacial score (nSPS) is 16.4. The maximum atomic E-state index is 11.1. The predicted molar refractivity (Wildman–Crippen MR) is 70.5 cm³/mol. The number of hydrogen-bond acceptors (Lipinski definition) is 3. The molecule has 1 fully saturated rings. The predicted octanol–water partition coefficient (Wildman–Crippen LogP) is 2.08. The quantitative estimate of drug-likeness (QED) is 0.650. The Morgan fingerprint density at radius 3 is 2.74 bits per heavy atom. The minimum Gasteiger partial charge on any atom is -0.312 e. The molecule has 1 saturated carbocycles. The zero-order valence-electron chi connectivity index (χ0n) is 10.3. The molecule has 96 valence electrons. The number of benzene rings is 1. The highest BCUT2D eigenvalue weighted by Gasteiger charge is 2.38. The van der Waals surface area contributed by atoms with E-state index in [1.54, 1.807) is 12.3 Å². The molecule has 5 heteroatoms. The Morgan fingerprint density at radius 1 is 1.32 bits per heavy atom. The molecule has 0 unspecified atom stereocenters. The second kappa shape index (κ2) is 4.37. The molecule has 2 N–H and O–H groups in total. The molecule has 0 aliphatic heterocycles. The van der Waals surface area contributed by atoms with Crippen molar-refractivity contribution in [3.05, 3.63) is 46.5 Å². The number of aromatic nitrogens is 2. The van der Waals surface area contributed by atoms with Gasteiger partial charge in [-0.3, -0.25) is 0 Å². The average molecular weight is 255 g/mol. The molecule has 1 aliphatic rings. The fraction of sp³-hybridized carbons (Fsp3) is 0.286. The van der Waals surface area contributed by atoms with Gasteiger partial charge in [0.2, 0.25) is 6.08 Å². The van der Waals surface area contributed by atoms with Crippen molar-refractivity contribution >= 4 is 6.08 Å². The Bertz CT molecular complexity index is 703. The summed E-state index contributed by atoms with van der Waals surface area (Å²) in [6, 6.07) is 7.77. The van der Waals surface area contributed by atoms with Crippen LogP contribution < -0.4 is 5.69 Å². The standard InChI is InChI=1S/C14H13N3O2/c18-9-16-14(5-2-6-14)11-4-1-3-10(7-11)12-8-15-13(19)17-12/h1,3-4,7-8H,2,5-6H2,(H2,15,17,19). The van der Waals surface area contributed by atoms with E-state index in [1.807, 2.05) is 24.3 Å². The third-order valence-electron chi connectivity index (χ3n) is 3.75. The summed E-state index contributed by atoms with van der Waals surface area (Å²) in [5.41, 5.74) is 2.00. The van der Waals surface area contributed by atoms with Gasteiger partial charge in [0, 0.05) is 6.20 Å². The van der Waals surface area contributed by atoms with E-state index in [0.717, 1.165) is 36.1 Å². The summed E-state index contributed by atoms with van der Waals surface area (Å²) < 4.78 is 0. The number of nitrogens with zero attached hydrogens (tertiary/aromatic N) is 1. The van der Waals surface area contributed by atoms with E-state index in [4.69, 9.17) is 0 Å². The van der Waals surface area contributed by atoms with E-state index in [1.165, 1.54) is 0 Å². The first-order chi connectivity index (χ1) is 9.23. The monoisotopic (exact) mass is 255 g/mol. The number of hydrogen-bond donors (Lipinski definition) is 2. The van der Waals surface area contributed by atoms with Gasteiger partial charge in [-0.2, -0.15) is 4.99 Å². The van der Waals surface area contributed by atoms with Gasteiger partial charge in [-0.15, -0.1) is 0 Å². The Morgan fingerprint density at radius 2 is 2.16 bits per heavy atom. The number of imidazole rings is 1. The van der Waals surface area contributed by atoms with Crippen LogP contribution in [0.25, 0.3) is 11.3 Å². The van der Waals surface area contributed by atoms with Crippen LogP contribution in [0.2, 0.25) is 0 Å². The topological polar surface area (TPSA) is 78.1 Å². The number of aliphatic imine (C=N–C) groups is 1. The maximum Gasteiger partial charge on any atom is 0.323 e. The third kappa shape index (κ3) is 1.94. The summed E-state index contributed by atoms with van der Waals surface area (Å²) in [7, 11) is 0. The second-order valence-corrected chi connectivity index (χ2v) is 4.83. The first-order valence-corrected chi connectivity index (χ1v) is 6.21. The highest BCUT2D eigenvalue weighted by atomic mass is 16.1. The molecule has 2 aromatic rings. The van der Waals surface area contributed by atoms with Crippen LogP contribution in [0.1, 0.15) is 24.8 Å². The van der Waals surface area contributed by atoms with Gasteiger partial charge in [0.1, 0.15) is 0 Å². The van der Waals surface area contributed by atoms with Crippen LogP contribution >= 0.6 is 0 Å². The van der Waals surface area contributed by atoms with Gasteiger partial charge in [0.05, 0.1) is 11.2 Å². The molecule has 5 nitrogen and oxygen atoms in total. The largest absolute Gasteiger partial charge is 0.323 e. The second-order valence-electron chi connectivity index (χ2n) is 4.83. The highest BCUT2D eigenvalue weighted by Crippen LogP contribution is 2.45. The number of nitrogens with one attached hydrogen (secondary N) is 2. The van der Waals surface area contributed by atoms with Crippen molar-refractivity contribution in [1.82, 2.24) is 9.97 Å². The summed E-state index contributed by atoms with van der Waals surface area (Å²) in [6.07, 6.45) is 6.13. The van der Waals surface area contributed by atoms with Gasteiger partial charge in [-0.1, -0.05) is 18.2 Å². The lowest BCUT2D eigenvalue weighted by atomic mass is 9.72. The summed E-state index contributed by atoms with van der Waals surface area (Å²) in [6.45, 7) is 0. The maximum absolute atomic E-state index is 11.1. The Hall–Kier alpha value is -2.39. The molecule has 0 amide bonds. The van der Waals surface area contributed by atoms with Crippen molar-refractivity contribution in [1.29, 1.82) is 0 Å². The summed E-state index contributed by atoms with van der Waals surface area (Å²) in [4.78, 5) is 31.0. The van der Waals surface area contributed by atoms with Gasteiger partial charge < -0.3 is 9.97 Å². The van der Waals surface area contributed by atoms with Crippen LogP contribution in [0.4, 0.5) is 0 Å². The van der Waals surface area contributed by atoms with Crippen molar-refractivity contribution in [2.75, 3.05) is 0 Å². The molecule has 1 heterocycles. The van der Waals surface area contributed by atoms with Gasteiger partial charge in [0.15, 0.2) is 0 Å². The van der Waals surface area contributed by atoms with Crippen LogP contribution in [0.3, 0.4) is 0 Å². The lowest BCUT2D eigenvalue weighted by molar-refractivity contribution is 0.256. The molecule has 0 radical (unpaired) electrons. The van der Waals surface area contributed by atoms with E-state index in [9.17, 15) is 9.59 Å². The molecular weight excluding hydrogens is 242 g/mol. The van der Waals surface area contributed by atoms with Crippen LogP contribution in [0, 0.1) is 0 Å². The average Bonchev–Trinajstić information content (AvgIpc) is 2.81. The van der Waals surface area contributed by atoms with E-state index >= 15 is 0 Å². The molecule has 0 bridgehead atoms. The Kier molecular flexibility index (Phi) is 2.69. The smallest absolute Gasteiger partial charge is 0.312 e. The number of isocyanates is 1. The molecule has 0 spiro atoms. The molecule has 0 saturated heterocycles. The van der Waals surface area contributed by atoms with E-state index in [-0.39, 0.29) is 5.69 Å². The first kappa shape index (κ1) is 11.7. The van der Waals surface area contributed by atoms with Crippen molar-refractivity contribution in [2.45, 2.75) is 24.8 Å². The lowest BCUT2D eigenvalue weighted by Gasteiger charge is -2.37. The molecule has 3 rings (SSSR count). The molecule has 1 aromatic carbocycles. The number of carbonyl (C=O) groups excluding carboxylic acids is 1. The van der Waals surface area contributed by atoms with Gasteiger partial charge in [0.25, 0.3) is 0 Å². The van der Waals surface area contributed by atoms with Crippen LogP contribution in [-0.4, -0.2) is 16.0 Å². The van der Waals surface area contributed by atoms with Gasteiger partial charge >= 0.3 is 5.69 Å². The fourth-order valence-electron chi connectivity index (χ4n) is 2.53. The van der Waals surface area contributed by atoms with Gasteiger partial charge in [-0.25, -0.2) is 9.59 Å². The van der Waals surface area contributed by atoms with E-state index in [0.29, 0.717) is 0 Å². The molecule has 19 heavy (non-hydrogen) atoms. The fourth-order valence-corrected chi connectivity index (χ4v) is 2.53. The molecule has 0 atom stereocenters. The summed E-state index contributed by atoms with van der Waals surface area (Å²) >= 11 is 0. The minimum absolute atomic E-state index is 0.232. The SMILES string of the molecule is O=C=NC1(c2cccc(-c3c[nH]c(=O)[nH]3)c2)CCC1. The van der Waals surface area contributed by atoms with E-state index < -0.39 is 5.54 Å². The minimum atomic E-state index is -0.408. The first-order valence-electron chi connectivity index (χ1n) is 6.21. The summed E-state index contributed by atoms with van der Waals surface area (Å²) in [5, 5.41) is 0. The van der Waals surface area contributed by atoms with Crippen LogP contribution in [-0.2, 0) is 10.3 Å². The third-order valence-corrected chi connectivity index (χ3v) is 3.75. The molecular formula is C14H13N3O2. The molecule has 1 aromatic heterocycles. The Labute approximate surface area is 109 Å².